The Morgan fingerprint density at radius 3 is 1.75 bits per heavy atom. The first kappa shape index (κ1) is 13.8. The maximum Gasteiger partial charge on any atom is 0.154 e. The largest absolute Gasteiger partial charge is 0.298 e. The van der Waals surface area contributed by atoms with Gasteiger partial charge in [-0.2, -0.15) is 0 Å². The van der Waals surface area contributed by atoms with Crippen LogP contribution in [-0.2, 0) is 4.79 Å². The van der Waals surface area contributed by atoms with Crippen molar-refractivity contribution in [3.05, 3.63) is 36.5 Å². The van der Waals surface area contributed by atoms with E-state index in [4.69, 9.17) is 0 Å². The molecule has 2 saturated carbocycles. The molecule has 0 spiro atoms. The molecule has 108 valence electrons. The number of piperazine rings is 1. The summed E-state index contributed by atoms with van der Waals surface area (Å²) in [5.74, 6) is 0.363. The maximum absolute atomic E-state index is 12.0. The van der Waals surface area contributed by atoms with Crippen LogP contribution in [0.4, 0.5) is 0 Å². The molecule has 1 aliphatic heterocycles. The molecule has 3 rings (SSSR count). The number of hydrogen-bond donors (Lipinski definition) is 0. The first-order chi connectivity index (χ1) is 9.54. The van der Waals surface area contributed by atoms with Crippen LogP contribution in [0, 0.1) is 0 Å². The van der Waals surface area contributed by atoms with Gasteiger partial charge in [-0.3, -0.25) is 14.6 Å². The van der Waals surface area contributed by atoms with Crippen LogP contribution in [0.1, 0.15) is 25.7 Å². The summed E-state index contributed by atoms with van der Waals surface area (Å²) in [5.41, 5.74) is 3.72. The second kappa shape index (κ2) is 5.30. The fourth-order valence-corrected chi connectivity index (χ4v) is 3.83. The first-order valence-electron chi connectivity index (χ1n) is 7.56. The van der Waals surface area contributed by atoms with E-state index in [1.165, 1.54) is 11.1 Å². The Morgan fingerprint density at radius 1 is 0.800 bits per heavy atom. The Morgan fingerprint density at radius 2 is 1.30 bits per heavy atom. The lowest BCUT2D eigenvalue weighted by Crippen LogP contribution is -2.53. The second-order valence-corrected chi connectivity index (χ2v) is 6.49. The standard InChI is InChI=1S/C17H24N2O/c1-12-8-14(3)15(9-12)18-4-6-19(7-5-18)16-10-13(2)11-17(16)20/h15-16H,1-11H2. The molecule has 3 fully saturated rings. The van der Waals surface area contributed by atoms with Crippen molar-refractivity contribution in [1.82, 2.24) is 9.80 Å². The van der Waals surface area contributed by atoms with Gasteiger partial charge < -0.3 is 0 Å². The van der Waals surface area contributed by atoms with Crippen LogP contribution in [0.3, 0.4) is 0 Å². The molecule has 3 nitrogen and oxygen atoms in total. The SMILES string of the molecule is C=C1CC(=C)C(N2CCN(C3CC(=C)CC3=O)CC2)C1. The zero-order valence-corrected chi connectivity index (χ0v) is 12.2. The van der Waals surface area contributed by atoms with Crippen LogP contribution < -0.4 is 0 Å². The van der Waals surface area contributed by atoms with E-state index in [1.54, 1.807) is 0 Å². The van der Waals surface area contributed by atoms with Gasteiger partial charge in [0.05, 0.1) is 6.04 Å². The molecule has 0 radical (unpaired) electrons. The third-order valence-corrected chi connectivity index (χ3v) is 4.94. The predicted octanol–water partition coefficient (Wildman–Crippen LogP) is 2.17. The molecule has 0 bridgehead atoms. The number of carbonyl (C=O) groups is 1. The van der Waals surface area contributed by atoms with Gasteiger partial charge in [-0.25, -0.2) is 0 Å². The highest BCUT2D eigenvalue weighted by Crippen LogP contribution is 2.32. The van der Waals surface area contributed by atoms with E-state index in [2.05, 4.69) is 29.5 Å². The van der Waals surface area contributed by atoms with E-state index < -0.39 is 0 Å². The molecule has 20 heavy (non-hydrogen) atoms. The molecule has 2 atom stereocenters. The molecule has 1 saturated heterocycles. The van der Waals surface area contributed by atoms with Crippen molar-refractivity contribution in [3.8, 4) is 0 Å². The summed E-state index contributed by atoms with van der Waals surface area (Å²) in [6.07, 6.45) is 3.51. The second-order valence-electron chi connectivity index (χ2n) is 6.49. The van der Waals surface area contributed by atoms with E-state index in [1.807, 2.05) is 0 Å². The third kappa shape index (κ3) is 2.52. The van der Waals surface area contributed by atoms with Gasteiger partial charge in [0, 0.05) is 38.6 Å². The van der Waals surface area contributed by atoms with E-state index in [-0.39, 0.29) is 6.04 Å². The van der Waals surface area contributed by atoms with Crippen LogP contribution in [0.2, 0.25) is 0 Å². The van der Waals surface area contributed by atoms with Crippen LogP contribution in [0.15, 0.2) is 36.5 Å². The van der Waals surface area contributed by atoms with Crippen LogP contribution in [0.5, 0.6) is 0 Å². The number of Topliss-reactive ketones (excluding diaryl/α,β-unsaturated/α-hetero) is 1. The van der Waals surface area contributed by atoms with Crippen LogP contribution >= 0.6 is 0 Å². The van der Waals surface area contributed by atoms with Crippen molar-refractivity contribution < 1.29 is 4.79 Å². The predicted molar refractivity (Wildman–Crippen MR) is 81.6 cm³/mol. The highest BCUT2D eigenvalue weighted by atomic mass is 16.1. The molecular weight excluding hydrogens is 248 g/mol. The minimum Gasteiger partial charge on any atom is -0.298 e. The summed E-state index contributed by atoms with van der Waals surface area (Å²) in [6.45, 7) is 16.3. The van der Waals surface area contributed by atoms with E-state index in [9.17, 15) is 4.79 Å². The van der Waals surface area contributed by atoms with Gasteiger partial charge in [0.1, 0.15) is 0 Å². The molecule has 0 aromatic heterocycles. The molecule has 0 aromatic rings. The average molecular weight is 272 g/mol. The van der Waals surface area contributed by atoms with E-state index in [0.29, 0.717) is 18.2 Å². The van der Waals surface area contributed by atoms with Crippen molar-refractivity contribution in [2.45, 2.75) is 37.8 Å². The van der Waals surface area contributed by atoms with Crippen LogP contribution in [-0.4, -0.2) is 53.8 Å². The summed E-state index contributed by atoms with van der Waals surface area (Å²) >= 11 is 0. The topological polar surface area (TPSA) is 23.6 Å². The Kier molecular flexibility index (Phi) is 3.65. The lowest BCUT2D eigenvalue weighted by atomic mass is 10.1. The molecule has 2 unspecified atom stereocenters. The Balaban J connectivity index is 1.57. The Hall–Kier alpha value is -1.19. The highest BCUT2D eigenvalue weighted by molar-refractivity contribution is 5.89. The Bertz CT molecular complexity index is 427. The zero-order chi connectivity index (χ0) is 14.3. The zero-order valence-electron chi connectivity index (χ0n) is 12.2. The summed E-state index contributed by atoms with van der Waals surface area (Å²) in [5, 5.41) is 0. The molecule has 3 heteroatoms. The third-order valence-electron chi connectivity index (χ3n) is 4.94. The lowest BCUT2D eigenvalue weighted by molar-refractivity contribution is -0.122. The minimum atomic E-state index is 0.103. The summed E-state index contributed by atoms with van der Waals surface area (Å²) in [7, 11) is 0. The number of rotatable bonds is 2. The molecule has 0 aromatic carbocycles. The van der Waals surface area contributed by atoms with Gasteiger partial charge in [0.2, 0.25) is 0 Å². The maximum atomic E-state index is 12.0. The fourth-order valence-electron chi connectivity index (χ4n) is 3.83. The number of hydrogen-bond acceptors (Lipinski definition) is 3. The van der Waals surface area contributed by atoms with Crippen molar-refractivity contribution in [2.24, 2.45) is 0 Å². The number of ketones is 1. The summed E-state index contributed by atoms with van der Waals surface area (Å²) in [6, 6.07) is 0.588. The Labute approximate surface area is 121 Å². The summed E-state index contributed by atoms with van der Waals surface area (Å²) < 4.78 is 0. The van der Waals surface area contributed by atoms with Crippen molar-refractivity contribution in [3.63, 3.8) is 0 Å². The number of nitrogens with zero attached hydrogens (tertiary/aromatic N) is 2. The van der Waals surface area contributed by atoms with Crippen molar-refractivity contribution in [1.29, 1.82) is 0 Å². The monoisotopic (exact) mass is 272 g/mol. The number of carbonyl (C=O) groups excluding carboxylic acids is 1. The van der Waals surface area contributed by atoms with Gasteiger partial charge in [-0.15, -0.1) is 0 Å². The molecular formula is C17H24N2O. The van der Waals surface area contributed by atoms with Crippen LogP contribution in [0.25, 0.3) is 0 Å². The minimum absolute atomic E-state index is 0.103. The quantitative estimate of drug-likeness (QED) is 0.720. The molecule has 3 aliphatic rings. The van der Waals surface area contributed by atoms with Gasteiger partial charge in [-0.1, -0.05) is 36.5 Å². The molecule has 1 heterocycles. The fraction of sp³-hybridized carbons (Fsp3) is 0.588. The molecule has 0 amide bonds. The van der Waals surface area contributed by atoms with Gasteiger partial charge in [0.15, 0.2) is 5.78 Å². The normalized spacial score (nSPS) is 33.4. The van der Waals surface area contributed by atoms with Crippen molar-refractivity contribution in [2.75, 3.05) is 26.2 Å². The molecule has 2 aliphatic carbocycles. The van der Waals surface area contributed by atoms with Gasteiger partial charge in [-0.05, 0) is 19.3 Å². The highest BCUT2D eigenvalue weighted by Gasteiger charge is 2.36. The lowest BCUT2D eigenvalue weighted by Gasteiger charge is -2.40. The van der Waals surface area contributed by atoms with Gasteiger partial charge >= 0.3 is 0 Å². The van der Waals surface area contributed by atoms with Gasteiger partial charge in [0.25, 0.3) is 0 Å². The average Bonchev–Trinajstić information content (AvgIpc) is 2.92. The van der Waals surface area contributed by atoms with E-state index >= 15 is 0 Å². The first-order valence-corrected chi connectivity index (χ1v) is 7.56. The molecule has 0 N–H and O–H groups in total. The van der Waals surface area contributed by atoms with Crippen molar-refractivity contribution >= 4 is 5.78 Å². The van der Waals surface area contributed by atoms with E-state index in [0.717, 1.165) is 51.0 Å². The summed E-state index contributed by atoms with van der Waals surface area (Å²) in [4.78, 5) is 16.8. The smallest absolute Gasteiger partial charge is 0.154 e.